The molecule has 0 atom stereocenters. The van der Waals surface area contributed by atoms with E-state index >= 15 is 0 Å². The Balaban J connectivity index is 2.96. The summed E-state index contributed by atoms with van der Waals surface area (Å²) in [4.78, 5) is -0.174. The molecule has 77 valence electrons. The number of fused-ring (bicyclic) bond motifs is 1. The number of hydrogen-bond acceptors (Lipinski definition) is 3. The molecule has 2 rings (SSSR count). The first-order valence-electron chi connectivity index (χ1n) is 4.16. The van der Waals surface area contributed by atoms with Crippen LogP contribution in [0.5, 0.6) is 0 Å². The van der Waals surface area contributed by atoms with Crippen LogP contribution in [0.2, 0.25) is 0 Å². The molecule has 3 N–H and O–H groups in total. The third kappa shape index (κ3) is 1.67. The molecule has 0 amide bonds. The Kier molecular flexibility index (Phi) is 2.13. The van der Waals surface area contributed by atoms with Crippen molar-refractivity contribution in [2.75, 3.05) is 5.73 Å². The van der Waals surface area contributed by atoms with Crippen LogP contribution in [0.4, 0.5) is 5.69 Å². The maximum absolute atomic E-state index is 11.1. The van der Waals surface area contributed by atoms with Crippen LogP contribution in [0.3, 0.4) is 0 Å². The van der Waals surface area contributed by atoms with Gasteiger partial charge in [0.15, 0.2) is 0 Å². The van der Waals surface area contributed by atoms with Crippen molar-refractivity contribution in [1.29, 1.82) is 0 Å². The Bertz CT molecular complexity index is 620. The third-order valence-corrected chi connectivity index (χ3v) is 3.01. The van der Waals surface area contributed by atoms with E-state index in [0.717, 1.165) is 0 Å². The number of hydrogen-bond donors (Lipinski definition) is 2. The van der Waals surface area contributed by atoms with Gasteiger partial charge in [-0.1, -0.05) is 24.3 Å². The van der Waals surface area contributed by atoms with Gasteiger partial charge in [-0.05, 0) is 6.07 Å². The Morgan fingerprint density at radius 2 is 1.80 bits per heavy atom. The van der Waals surface area contributed by atoms with E-state index in [1.54, 1.807) is 24.3 Å². The average molecular weight is 222 g/mol. The molecule has 0 saturated carbocycles. The van der Waals surface area contributed by atoms with Crippen LogP contribution in [-0.2, 0) is 10.1 Å². The highest BCUT2D eigenvalue weighted by molar-refractivity contribution is 7.86. The minimum absolute atomic E-state index is 0.174. The second-order valence-corrected chi connectivity index (χ2v) is 4.48. The zero-order valence-corrected chi connectivity index (χ0v) is 8.45. The molecule has 0 aromatic heterocycles. The summed E-state index contributed by atoms with van der Waals surface area (Å²) in [5.41, 5.74) is 6.00. The van der Waals surface area contributed by atoms with Gasteiger partial charge in [0.1, 0.15) is 4.90 Å². The standard InChI is InChI=1S/C10H8NO3S/c11-9-5-6-10(15(12,13)14)8-4-2-1-3-7(8)9/h1-4,6H,11H2,(H,12,13,14). The second kappa shape index (κ2) is 3.22. The molecule has 0 saturated heterocycles. The molecule has 2 aromatic carbocycles. The fourth-order valence-corrected chi connectivity index (χ4v) is 2.11. The van der Waals surface area contributed by atoms with Crippen molar-refractivity contribution in [3.05, 3.63) is 36.4 Å². The maximum Gasteiger partial charge on any atom is 0.295 e. The lowest BCUT2D eigenvalue weighted by molar-refractivity contribution is 0.484. The van der Waals surface area contributed by atoms with Crippen molar-refractivity contribution in [3.63, 3.8) is 0 Å². The van der Waals surface area contributed by atoms with Gasteiger partial charge in [-0.25, -0.2) is 0 Å². The van der Waals surface area contributed by atoms with Crippen molar-refractivity contribution in [2.45, 2.75) is 4.90 Å². The van der Waals surface area contributed by atoms with Gasteiger partial charge in [-0.2, -0.15) is 8.42 Å². The lowest BCUT2D eigenvalue weighted by Crippen LogP contribution is -2.00. The normalized spacial score (nSPS) is 11.8. The zero-order valence-electron chi connectivity index (χ0n) is 7.64. The smallest absolute Gasteiger partial charge is 0.295 e. The predicted octanol–water partition coefficient (Wildman–Crippen LogP) is 1.47. The van der Waals surface area contributed by atoms with Gasteiger partial charge in [0, 0.05) is 22.5 Å². The number of anilines is 1. The van der Waals surface area contributed by atoms with Crippen LogP contribution >= 0.6 is 0 Å². The summed E-state index contributed by atoms with van der Waals surface area (Å²) in [5.74, 6) is 0. The first kappa shape index (κ1) is 9.95. The molecule has 1 radical (unpaired) electrons. The van der Waals surface area contributed by atoms with E-state index in [1.165, 1.54) is 6.07 Å². The first-order valence-corrected chi connectivity index (χ1v) is 5.60. The molecule has 0 heterocycles. The summed E-state index contributed by atoms with van der Waals surface area (Å²) < 4.78 is 31.1. The van der Waals surface area contributed by atoms with Gasteiger partial charge < -0.3 is 5.73 Å². The van der Waals surface area contributed by atoms with Crippen molar-refractivity contribution in [2.24, 2.45) is 0 Å². The van der Waals surface area contributed by atoms with Gasteiger partial charge in [-0.3, -0.25) is 4.55 Å². The largest absolute Gasteiger partial charge is 0.398 e. The Hall–Kier alpha value is -1.59. The summed E-state index contributed by atoms with van der Waals surface area (Å²) in [5, 5.41) is 0.962. The molecule has 15 heavy (non-hydrogen) atoms. The quantitative estimate of drug-likeness (QED) is 0.565. The molecule has 4 nitrogen and oxygen atoms in total. The third-order valence-electron chi connectivity index (χ3n) is 2.12. The minimum Gasteiger partial charge on any atom is -0.398 e. The summed E-state index contributed by atoms with van der Waals surface area (Å²) >= 11 is 0. The van der Waals surface area contributed by atoms with Crippen LogP contribution in [0.15, 0.2) is 35.2 Å². The fraction of sp³-hybridized carbons (Fsp3) is 0. The molecule has 0 unspecified atom stereocenters. The molecule has 0 aliphatic rings. The number of nitrogens with two attached hydrogens (primary N) is 1. The lowest BCUT2D eigenvalue weighted by atomic mass is 10.1. The predicted molar refractivity (Wildman–Crippen MR) is 57.0 cm³/mol. The Labute approximate surface area is 87.1 Å². The topological polar surface area (TPSA) is 80.4 Å². The van der Waals surface area contributed by atoms with Crippen LogP contribution in [-0.4, -0.2) is 13.0 Å². The molecule has 2 aromatic rings. The highest BCUT2D eigenvalue weighted by atomic mass is 32.2. The fourth-order valence-electron chi connectivity index (χ4n) is 1.45. The van der Waals surface area contributed by atoms with Gasteiger partial charge >= 0.3 is 0 Å². The average Bonchev–Trinajstić information content (AvgIpc) is 2.17. The van der Waals surface area contributed by atoms with E-state index in [4.69, 9.17) is 10.3 Å². The van der Waals surface area contributed by atoms with Crippen molar-refractivity contribution < 1.29 is 13.0 Å². The number of nitrogen functional groups attached to an aromatic ring is 1. The Morgan fingerprint density at radius 1 is 1.20 bits per heavy atom. The molecule has 0 aliphatic heterocycles. The summed E-state index contributed by atoms with van der Waals surface area (Å²) in [6, 6.07) is 10.4. The summed E-state index contributed by atoms with van der Waals surface area (Å²) in [6.07, 6.45) is 0. The highest BCUT2D eigenvalue weighted by Crippen LogP contribution is 2.26. The molecule has 0 aliphatic carbocycles. The summed E-state index contributed by atoms with van der Waals surface area (Å²) in [6.45, 7) is 0. The molecular weight excluding hydrogens is 214 g/mol. The maximum atomic E-state index is 11.1. The van der Waals surface area contributed by atoms with Crippen LogP contribution in [0.25, 0.3) is 10.8 Å². The SMILES string of the molecule is Nc1[c]cc(S(=O)(=O)O)c2ccccc12. The van der Waals surface area contributed by atoms with Crippen molar-refractivity contribution >= 4 is 26.6 Å². The van der Waals surface area contributed by atoms with Gasteiger partial charge in [0.25, 0.3) is 10.1 Å². The molecule has 0 bridgehead atoms. The van der Waals surface area contributed by atoms with E-state index < -0.39 is 10.1 Å². The number of rotatable bonds is 1. The Morgan fingerprint density at radius 3 is 2.40 bits per heavy atom. The molecule has 0 fully saturated rings. The van der Waals surface area contributed by atoms with Crippen molar-refractivity contribution in [3.8, 4) is 0 Å². The van der Waals surface area contributed by atoms with Gasteiger partial charge in [0.2, 0.25) is 0 Å². The van der Waals surface area contributed by atoms with Gasteiger partial charge in [0.05, 0.1) is 0 Å². The van der Waals surface area contributed by atoms with Crippen LogP contribution in [0.1, 0.15) is 0 Å². The van der Waals surface area contributed by atoms with Crippen LogP contribution in [0, 0.1) is 6.07 Å². The molecule has 0 spiro atoms. The zero-order chi connectivity index (χ0) is 11.1. The first-order chi connectivity index (χ1) is 7.00. The summed E-state index contributed by atoms with van der Waals surface area (Å²) in [7, 11) is -4.23. The van der Waals surface area contributed by atoms with E-state index in [2.05, 4.69) is 6.07 Å². The lowest BCUT2D eigenvalue weighted by Gasteiger charge is -2.05. The highest BCUT2D eigenvalue weighted by Gasteiger charge is 2.14. The second-order valence-electron chi connectivity index (χ2n) is 3.09. The molecular formula is C10H8NO3S. The van der Waals surface area contributed by atoms with Crippen molar-refractivity contribution in [1.82, 2.24) is 0 Å². The molecule has 5 heteroatoms. The van der Waals surface area contributed by atoms with E-state index in [0.29, 0.717) is 16.5 Å². The van der Waals surface area contributed by atoms with Gasteiger partial charge in [-0.15, -0.1) is 0 Å². The van der Waals surface area contributed by atoms with E-state index in [1.807, 2.05) is 0 Å². The van der Waals surface area contributed by atoms with Crippen LogP contribution < -0.4 is 5.73 Å². The minimum atomic E-state index is -4.23. The number of benzene rings is 2. The van der Waals surface area contributed by atoms with E-state index in [-0.39, 0.29) is 4.90 Å². The van der Waals surface area contributed by atoms with E-state index in [9.17, 15) is 8.42 Å². The monoisotopic (exact) mass is 222 g/mol.